The van der Waals surface area contributed by atoms with Crippen molar-refractivity contribution in [2.45, 2.75) is 45.8 Å². The maximum absolute atomic E-state index is 3.84. The Morgan fingerprint density at radius 2 is 1.50 bits per heavy atom. The smallest absolute Gasteiger partial charge is 0.126 e. The molecule has 0 nitrogen and oxygen atoms in total. The summed E-state index contributed by atoms with van der Waals surface area (Å²) >= 11 is 3.84. The van der Waals surface area contributed by atoms with Crippen LogP contribution in [0.3, 0.4) is 0 Å². The van der Waals surface area contributed by atoms with Gasteiger partial charge in [-0.15, -0.1) is 15.3 Å². The molecule has 0 saturated carbocycles. The highest BCUT2D eigenvalue weighted by Crippen LogP contribution is 2.46. The van der Waals surface area contributed by atoms with Crippen LogP contribution in [0, 0.1) is 5.92 Å². The highest BCUT2D eigenvalue weighted by molar-refractivity contribution is 9.26. The fourth-order valence-corrected chi connectivity index (χ4v) is 3.43. The summed E-state index contributed by atoms with van der Waals surface area (Å²) in [5.41, 5.74) is 0. The third-order valence-corrected chi connectivity index (χ3v) is 9.68. The van der Waals surface area contributed by atoms with E-state index in [4.69, 9.17) is 0 Å². The first-order chi connectivity index (χ1) is 4.19. The molecule has 0 N–H and O–H groups in total. The van der Waals surface area contributed by atoms with Crippen LogP contribution in [0.2, 0.25) is 18.1 Å². The van der Waals surface area contributed by atoms with Crippen LogP contribution < -0.4 is 0 Å². The second-order valence-electron chi connectivity index (χ2n) is 4.35. The Morgan fingerprint density at radius 1 is 1.20 bits per heavy atom. The predicted octanol–water partition coefficient (Wildman–Crippen LogP) is 4.02. The van der Waals surface area contributed by atoms with Crippen molar-refractivity contribution in [2.75, 3.05) is 0 Å². The van der Waals surface area contributed by atoms with E-state index in [1.54, 1.807) is 0 Å². The van der Waals surface area contributed by atoms with Gasteiger partial charge in [0.1, 0.15) is 6.69 Å². The monoisotopic (exact) mass is 222 g/mol. The molecule has 0 aromatic heterocycles. The molecule has 0 aromatic carbocycles. The van der Waals surface area contributed by atoms with Gasteiger partial charge in [0.25, 0.3) is 0 Å². The van der Waals surface area contributed by atoms with Crippen LogP contribution in [0.15, 0.2) is 0 Å². The minimum atomic E-state index is -1.14. The maximum Gasteiger partial charge on any atom is 0.130 e. The molecule has 0 radical (unpaired) electrons. The van der Waals surface area contributed by atoms with Crippen molar-refractivity contribution >= 4 is 22.0 Å². The first-order valence-electron chi connectivity index (χ1n) is 3.88. The summed E-state index contributed by atoms with van der Waals surface area (Å²) in [4.78, 5) is 0. The van der Waals surface area contributed by atoms with Crippen molar-refractivity contribution in [1.82, 2.24) is 0 Å². The van der Waals surface area contributed by atoms with Gasteiger partial charge >= 0.3 is 0 Å². The molecule has 0 spiro atoms. The molecule has 0 atom stereocenters. The van der Waals surface area contributed by atoms with E-state index in [9.17, 15) is 0 Å². The molecular formula is C8H19BrSi. The molecule has 0 rings (SSSR count). The summed E-state index contributed by atoms with van der Waals surface area (Å²) in [6, 6.07) is 0. The molecule has 0 amide bonds. The van der Waals surface area contributed by atoms with E-state index in [0.29, 0.717) is 5.04 Å². The summed E-state index contributed by atoms with van der Waals surface area (Å²) < 4.78 is 0. The fourth-order valence-electron chi connectivity index (χ4n) is 0.686. The van der Waals surface area contributed by atoms with E-state index in [2.05, 4.69) is 56.1 Å². The number of hydrogen-bond acceptors (Lipinski definition) is 0. The molecule has 10 heavy (non-hydrogen) atoms. The zero-order chi connectivity index (χ0) is 8.58. The van der Waals surface area contributed by atoms with Crippen molar-refractivity contribution in [2.24, 2.45) is 5.92 Å². The van der Waals surface area contributed by atoms with Crippen molar-refractivity contribution in [3.63, 3.8) is 0 Å². The minimum absolute atomic E-state index is 0.493. The Bertz CT molecular complexity index is 111. The average Bonchev–Trinajstić information content (AvgIpc) is 1.62. The summed E-state index contributed by atoms with van der Waals surface area (Å²) in [6.07, 6.45) is 0. The molecule has 0 heterocycles. The van der Waals surface area contributed by atoms with Crippen LogP contribution in [0.1, 0.15) is 27.7 Å². The molecule has 0 aliphatic rings. The molecule has 0 unspecified atom stereocenters. The summed E-state index contributed by atoms with van der Waals surface area (Å²) in [5, 5.41) is 0.493. The van der Waals surface area contributed by atoms with Gasteiger partial charge in [-0.3, -0.25) is 0 Å². The topological polar surface area (TPSA) is 0 Å². The molecule has 2 heteroatoms. The Balaban J connectivity index is 4.40. The predicted molar refractivity (Wildman–Crippen MR) is 55.3 cm³/mol. The van der Waals surface area contributed by atoms with Crippen LogP contribution in [-0.2, 0) is 0 Å². The van der Waals surface area contributed by atoms with Crippen molar-refractivity contribution in [3.8, 4) is 0 Å². The SMILES string of the molecule is CC(C)C(C)(C)[Si](C)(C)Br. The van der Waals surface area contributed by atoms with Gasteiger partial charge < -0.3 is 0 Å². The van der Waals surface area contributed by atoms with Gasteiger partial charge in [-0.25, -0.2) is 0 Å². The van der Waals surface area contributed by atoms with Crippen LogP contribution in [0.5, 0.6) is 0 Å². The summed E-state index contributed by atoms with van der Waals surface area (Å²) in [7, 11) is 0. The van der Waals surface area contributed by atoms with Crippen LogP contribution >= 0.6 is 15.3 Å². The number of rotatable bonds is 2. The minimum Gasteiger partial charge on any atom is -0.126 e. The van der Waals surface area contributed by atoms with Gasteiger partial charge in [0.15, 0.2) is 0 Å². The number of halogens is 1. The van der Waals surface area contributed by atoms with E-state index in [1.807, 2.05) is 0 Å². The Labute approximate surface area is 74.0 Å². The van der Waals surface area contributed by atoms with E-state index >= 15 is 0 Å². The third kappa shape index (κ3) is 2.09. The normalized spacial score (nSPS) is 14.4. The summed E-state index contributed by atoms with van der Waals surface area (Å²) in [5.74, 6) is 0.772. The van der Waals surface area contributed by atoms with Crippen LogP contribution in [0.4, 0.5) is 0 Å². The second kappa shape index (κ2) is 2.98. The van der Waals surface area contributed by atoms with E-state index in [-0.39, 0.29) is 0 Å². The quantitative estimate of drug-likeness (QED) is 0.490. The first kappa shape index (κ1) is 10.7. The summed E-state index contributed by atoms with van der Waals surface area (Å²) in [6.45, 7) is 12.9. The standard InChI is InChI=1S/C8H19BrSi/c1-7(2)8(3,4)10(5,6)9/h7H,1-6H3. The van der Waals surface area contributed by atoms with E-state index in [1.165, 1.54) is 0 Å². The lowest BCUT2D eigenvalue weighted by Crippen LogP contribution is -2.36. The van der Waals surface area contributed by atoms with Gasteiger partial charge in [0.05, 0.1) is 0 Å². The van der Waals surface area contributed by atoms with E-state index in [0.717, 1.165) is 5.92 Å². The highest BCUT2D eigenvalue weighted by atomic mass is 79.9. The van der Waals surface area contributed by atoms with Crippen molar-refractivity contribution in [3.05, 3.63) is 0 Å². The highest BCUT2D eigenvalue weighted by Gasteiger charge is 2.39. The van der Waals surface area contributed by atoms with E-state index < -0.39 is 6.69 Å². The zero-order valence-electron chi connectivity index (χ0n) is 7.96. The van der Waals surface area contributed by atoms with Crippen LogP contribution in [0.25, 0.3) is 0 Å². The van der Waals surface area contributed by atoms with Crippen molar-refractivity contribution in [1.29, 1.82) is 0 Å². The van der Waals surface area contributed by atoms with Crippen molar-refractivity contribution < 1.29 is 0 Å². The Hall–Kier alpha value is 0.697. The largest absolute Gasteiger partial charge is 0.130 e. The van der Waals surface area contributed by atoms with Gasteiger partial charge in [0, 0.05) is 0 Å². The molecule has 0 aliphatic heterocycles. The number of hydrogen-bond donors (Lipinski definition) is 0. The molecule has 0 aromatic rings. The Morgan fingerprint density at radius 3 is 1.50 bits per heavy atom. The maximum atomic E-state index is 3.84. The average molecular weight is 223 g/mol. The molecule has 62 valence electrons. The molecular weight excluding hydrogens is 204 g/mol. The van der Waals surface area contributed by atoms with Gasteiger partial charge in [-0.05, 0) is 11.0 Å². The van der Waals surface area contributed by atoms with Crippen LogP contribution in [-0.4, -0.2) is 6.69 Å². The molecule has 0 aliphatic carbocycles. The lowest BCUT2D eigenvalue weighted by Gasteiger charge is -2.38. The lowest BCUT2D eigenvalue weighted by molar-refractivity contribution is 0.466. The zero-order valence-corrected chi connectivity index (χ0v) is 10.5. The second-order valence-corrected chi connectivity index (χ2v) is 14.5. The lowest BCUT2D eigenvalue weighted by atomic mass is 9.99. The fraction of sp³-hybridized carbons (Fsp3) is 1.00. The van der Waals surface area contributed by atoms with Gasteiger partial charge in [0.2, 0.25) is 0 Å². The van der Waals surface area contributed by atoms with Gasteiger partial charge in [-0.2, -0.15) is 0 Å². The third-order valence-electron chi connectivity index (χ3n) is 2.98. The first-order valence-corrected chi connectivity index (χ1v) is 9.14. The molecule has 0 saturated heterocycles. The Kier molecular flexibility index (Phi) is 3.18. The van der Waals surface area contributed by atoms with Gasteiger partial charge in [-0.1, -0.05) is 40.8 Å². The molecule has 0 fully saturated rings. The molecule has 0 bridgehead atoms.